The standard InChI is InChI=1S/C12H24O4/c1-4-5-9-12(14-2,15-3)11(13)8-6-7-10-16-11/h13H,4-10H2,1-3H3. The molecule has 0 bridgehead atoms. The van der Waals surface area contributed by atoms with Crippen molar-refractivity contribution in [3.8, 4) is 0 Å². The maximum absolute atomic E-state index is 10.5. The second-order valence-corrected chi connectivity index (χ2v) is 4.35. The molecule has 96 valence electrons. The maximum atomic E-state index is 10.5. The summed E-state index contributed by atoms with van der Waals surface area (Å²) >= 11 is 0. The second kappa shape index (κ2) is 5.96. The van der Waals surface area contributed by atoms with E-state index in [1.165, 1.54) is 0 Å². The quantitative estimate of drug-likeness (QED) is 0.712. The molecule has 1 rings (SSSR count). The van der Waals surface area contributed by atoms with Gasteiger partial charge in [0, 0.05) is 27.1 Å². The van der Waals surface area contributed by atoms with Crippen LogP contribution in [0.1, 0.15) is 45.4 Å². The van der Waals surface area contributed by atoms with Crippen molar-refractivity contribution in [1.29, 1.82) is 0 Å². The Morgan fingerprint density at radius 2 is 2.00 bits per heavy atom. The lowest BCUT2D eigenvalue weighted by molar-refractivity contribution is -0.397. The van der Waals surface area contributed by atoms with Crippen molar-refractivity contribution >= 4 is 0 Å². The van der Waals surface area contributed by atoms with Crippen LogP contribution in [0.15, 0.2) is 0 Å². The SMILES string of the molecule is CCCCC(OC)(OC)C1(O)CCCCO1. The Hall–Kier alpha value is -0.160. The van der Waals surface area contributed by atoms with E-state index in [9.17, 15) is 5.11 Å². The molecular formula is C12H24O4. The zero-order valence-corrected chi connectivity index (χ0v) is 10.6. The molecule has 0 radical (unpaired) electrons. The molecule has 1 aliphatic heterocycles. The maximum Gasteiger partial charge on any atom is 0.222 e. The van der Waals surface area contributed by atoms with Gasteiger partial charge in [-0.15, -0.1) is 0 Å². The van der Waals surface area contributed by atoms with Crippen LogP contribution in [0.3, 0.4) is 0 Å². The van der Waals surface area contributed by atoms with Crippen LogP contribution in [0.25, 0.3) is 0 Å². The van der Waals surface area contributed by atoms with E-state index >= 15 is 0 Å². The molecule has 0 aliphatic carbocycles. The fourth-order valence-electron chi connectivity index (χ4n) is 2.29. The third-order valence-electron chi connectivity index (χ3n) is 3.36. The molecule has 0 aromatic heterocycles. The Labute approximate surface area is 97.9 Å². The lowest BCUT2D eigenvalue weighted by Gasteiger charge is -2.46. The highest BCUT2D eigenvalue weighted by Crippen LogP contribution is 2.39. The summed E-state index contributed by atoms with van der Waals surface area (Å²) in [5, 5.41) is 10.5. The molecule has 1 heterocycles. The van der Waals surface area contributed by atoms with E-state index < -0.39 is 11.6 Å². The highest BCUT2D eigenvalue weighted by Gasteiger charge is 2.53. The normalized spacial score (nSPS) is 27.0. The number of hydrogen-bond acceptors (Lipinski definition) is 4. The molecule has 0 aromatic carbocycles. The third-order valence-corrected chi connectivity index (χ3v) is 3.36. The van der Waals surface area contributed by atoms with Crippen LogP contribution >= 0.6 is 0 Å². The van der Waals surface area contributed by atoms with Crippen LogP contribution in [0, 0.1) is 0 Å². The van der Waals surface area contributed by atoms with Crippen molar-refractivity contribution in [2.24, 2.45) is 0 Å². The molecule has 1 saturated heterocycles. The molecule has 1 aliphatic rings. The fraction of sp³-hybridized carbons (Fsp3) is 1.00. The van der Waals surface area contributed by atoms with E-state index in [-0.39, 0.29) is 0 Å². The van der Waals surface area contributed by atoms with E-state index in [1.54, 1.807) is 14.2 Å². The first-order chi connectivity index (χ1) is 7.64. The van der Waals surface area contributed by atoms with Crippen molar-refractivity contribution in [3.63, 3.8) is 0 Å². The van der Waals surface area contributed by atoms with Gasteiger partial charge >= 0.3 is 0 Å². The molecule has 1 atom stereocenters. The number of ether oxygens (including phenoxy) is 3. The average molecular weight is 232 g/mol. The van der Waals surface area contributed by atoms with Gasteiger partial charge in [-0.3, -0.25) is 0 Å². The van der Waals surface area contributed by atoms with Gasteiger partial charge in [0.25, 0.3) is 0 Å². The van der Waals surface area contributed by atoms with Gasteiger partial charge in [-0.2, -0.15) is 0 Å². The zero-order valence-electron chi connectivity index (χ0n) is 10.6. The molecule has 16 heavy (non-hydrogen) atoms. The summed E-state index contributed by atoms with van der Waals surface area (Å²) in [6, 6.07) is 0. The molecule has 1 fully saturated rings. The lowest BCUT2D eigenvalue weighted by Crippen LogP contribution is -2.59. The Kier molecular flexibility index (Phi) is 5.18. The first-order valence-electron chi connectivity index (χ1n) is 6.11. The Balaban J connectivity index is 2.80. The van der Waals surface area contributed by atoms with Gasteiger partial charge in [0.05, 0.1) is 6.61 Å². The lowest BCUT2D eigenvalue weighted by atomic mass is 9.92. The predicted octanol–water partition coefficient (Wildman–Crippen LogP) is 2.05. The summed E-state index contributed by atoms with van der Waals surface area (Å²) in [6.07, 6.45) is 5.11. The van der Waals surface area contributed by atoms with Gasteiger partial charge in [-0.25, -0.2) is 0 Å². The van der Waals surface area contributed by atoms with Crippen LogP contribution in [-0.4, -0.2) is 37.5 Å². The molecule has 1 unspecified atom stereocenters. The van der Waals surface area contributed by atoms with Crippen LogP contribution in [0.5, 0.6) is 0 Å². The van der Waals surface area contributed by atoms with E-state index in [1.807, 2.05) is 0 Å². The average Bonchev–Trinajstić information content (AvgIpc) is 2.32. The Bertz CT molecular complexity index is 195. The van der Waals surface area contributed by atoms with E-state index in [4.69, 9.17) is 14.2 Å². The van der Waals surface area contributed by atoms with Crippen LogP contribution in [0.2, 0.25) is 0 Å². The zero-order chi connectivity index (χ0) is 12.1. The number of aliphatic hydroxyl groups is 1. The first kappa shape index (κ1) is 13.9. The topological polar surface area (TPSA) is 47.9 Å². The molecule has 0 spiro atoms. The van der Waals surface area contributed by atoms with Gasteiger partial charge in [-0.05, 0) is 19.3 Å². The van der Waals surface area contributed by atoms with Crippen molar-refractivity contribution in [1.82, 2.24) is 0 Å². The third kappa shape index (κ3) is 2.56. The molecule has 4 heteroatoms. The number of methoxy groups -OCH3 is 2. The minimum atomic E-state index is -1.30. The fourth-order valence-corrected chi connectivity index (χ4v) is 2.29. The van der Waals surface area contributed by atoms with E-state index in [2.05, 4.69) is 6.92 Å². The number of hydrogen-bond donors (Lipinski definition) is 1. The highest BCUT2D eigenvalue weighted by atomic mass is 16.8. The summed E-state index contributed by atoms with van der Waals surface area (Å²) in [5.74, 6) is -2.33. The van der Waals surface area contributed by atoms with Gasteiger partial charge < -0.3 is 19.3 Å². The minimum absolute atomic E-state index is 0.567. The van der Waals surface area contributed by atoms with Crippen LogP contribution in [0.4, 0.5) is 0 Å². The van der Waals surface area contributed by atoms with Crippen LogP contribution in [-0.2, 0) is 14.2 Å². The molecule has 0 saturated carbocycles. The van der Waals surface area contributed by atoms with Gasteiger partial charge in [0.2, 0.25) is 11.6 Å². The monoisotopic (exact) mass is 232 g/mol. The predicted molar refractivity (Wildman–Crippen MR) is 61.0 cm³/mol. The Morgan fingerprint density at radius 1 is 1.31 bits per heavy atom. The van der Waals surface area contributed by atoms with Crippen molar-refractivity contribution in [2.75, 3.05) is 20.8 Å². The minimum Gasteiger partial charge on any atom is -0.361 e. The summed E-state index contributed by atoms with van der Waals surface area (Å²) in [5.41, 5.74) is 0. The second-order valence-electron chi connectivity index (χ2n) is 4.35. The Morgan fingerprint density at radius 3 is 2.44 bits per heavy atom. The van der Waals surface area contributed by atoms with E-state index in [0.717, 1.165) is 25.7 Å². The largest absolute Gasteiger partial charge is 0.361 e. The van der Waals surface area contributed by atoms with Crippen molar-refractivity contribution in [2.45, 2.75) is 57.0 Å². The van der Waals surface area contributed by atoms with Gasteiger partial charge in [0.15, 0.2) is 0 Å². The summed E-state index contributed by atoms with van der Waals surface area (Å²) < 4.78 is 16.4. The molecule has 4 nitrogen and oxygen atoms in total. The molecule has 0 aromatic rings. The highest BCUT2D eigenvalue weighted by molar-refractivity contribution is 4.89. The first-order valence-corrected chi connectivity index (χ1v) is 6.11. The van der Waals surface area contributed by atoms with Gasteiger partial charge in [0.1, 0.15) is 0 Å². The van der Waals surface area contributed by atoms with Crippen molar-refractivity contribution in [3.05, 3.63) is 0 Å². The number of unbranched alkanes of at least 4 members (excludes halogenated alkanes) is 1. The molecular weight excluding hydrogens is 208 g/mol. The molecule has 1 N–H and O–H groups in total. The van der Waals surface area contributed by atoms with Crippen LogP contribution < -0.4 is 0 Å². The van der Waals surface area contributed by atoms with E-state index in [0.29, 0.717) is 19.4 Å². The summed E-state index contributed by atoms with van der Waals surface area (Å²) in [7, 11) is 3.13. The number of rotatable bonds is 6. The van der Waals surface area contributed by atoms with Gasteiger partial charge in [-0.1, -0.05) is 13.3 Å². The summed E-state index contributed by atoms with van der Waals surface area (Å²) in [4.78, 5) is 0. The smallest absolute Gasteiger partial charge is 0.222 e. The summed E-state index contributed by atoms with van der Waals surface area (Å²) in [6.45, 7) is 2.67. The molecule has 0 amide bonds. The van der Waals surface area contributed by atoms with Crippen molar-refractivity contribution < 1.29 is 19.3 Å².